The zero-order valence-electron chi connectivity index (χ0n) is 10.9. The number of hydrogen-bond acceptors (Lipinski definition) is 2. The van der Waals surface area contributed by atoms with Gasteiger partial charge < -0.3 is 4.74 Å². The summed E-state index contributed by atoms with van der Waals surface area (Å²) < 4.78 is 5.58. The Morgan fingerprint density at radius 2 is 1.58 bits per heavy atom. The van der Waals surface area contributed by atoms with Gasteiger partial charge in [0.25, 0.3) is 0 Å². The Morgan fingerprint density at radius 1 is 1.00 bits per heavy atom. The molecule has 1 saturated heterocycles. The van der Waals surface area contributed by atoms with Gasteiger partial charge in [-0.1, -0.05) is 67.6 Å². The van der Waals surface area contributed by atoms with Crippen molar-refractivity contribution in [3.05, 3.63) is 71.8 Å². The molecule has 2 nitrogen and oxygen atoms in total. The summed E-state index contributed by atoms with van der Waals surface area (Å²) in [5, 5.41) is 0. The van der Waals surface area contributed by atoms with Crippen LogP contribution in [-0.4, -0.2) is 5.97 Å². The molecule has 0 aliphatic carbocycles. The molecule has 0 radical (unpaired) electrons. The lowest BCUT2D eigenvalue weighted by Gasteiger charge is -2.29. The smallest absolute Gasteiger partial charge is 0.307 e. The molecule has 2 aromatic rings. The van der Waals surface area contributed by atoms with E-state index < -0.39 is 0 Å². The lowest BCUT2D eigenvalue weighted by Crippen LogP contribution is -2.25. The Hall–Kier alpha value is -2.09. The Kier molecular flexibility index (Phi) is 2.86. The van der Waals surface area contributed by atoms with E-state index in [9.17, 15) is 4.79 Å². The van der Waals surface area contributed by atoms with Gasteiger partial charge >= 0.3 is 5.97 Å². The normalized spacial score (nSPS) is 26.2. The van der Waals surface area contributed by atoms with Gasteiger partial charge in [-0.25, -0.2) is 0 Å². The van der Waals surface area contributed by atoms with Crippen LogP contribution in [0.1, 0.15) is 30.6 Å². The highest BCUT2D eigenvalue weighted by atomic mass is 16.6. The van der Waals surface area contributed by atoms with Crippen LogP contribution in [0.4, 0.5) is 0 Å². The standard InChI is InChI=1S/C17H16O2/c1-17(14-10-6-3-7-11-14)12-15(18)19-16(17)13-8-4-2-5-9-13/h2-11,16H,12H2,1H3/t16-,17-/m1/s1. The third kappa shape index (κ3) is 2.03. The van der Waals surface area contributed by atoms with Crippen LogP contribution in [0.15, 0.2) is 60.7 Å². The van der Waals surface area contributed by atoms with Crippen molar-refractivity contribution in [2.75, 3.05) is 0 Å². The second-order valence-corrected chi connectivity index (χ2v) is 5.24. The van der Waals surface area contributed by atoms with E-state index in [2.05, 4.69) is 19.1 Å². The maximum absolute atomic E-state index is 11.8. The van der Waals surface area contributed by atoms with Crippen LogP contribution in [0.25, 0.3) is 0 Å². The molecule has 0 N–H and O–H groups in total. The molecular weight excluding hydrogens is 236 g/mol. The highest BCUT2D eigenvalue weighted by molar-refractivity contribution is 5.75. The number of carbonyl (C=O) groups is 1. The second kappa shape index (κ2) is 4.54. The Bertz CT molecular complexity index is 577. The molecule has 96 valence electrons. The summed E-state index contributed by atoms with van der Waals surface area (Å²) in [5.41, 5.74) is 1.91. The second-order valence-electron chi connectivity index (χ2n) is 5.24. The van der Waals surface area contributed by atoms with E-state index in [1.54, 1.807) is 0 Å². The predicted octanol–water partition coefficient (Wildman–Crippen LogP) is 3.63. The van der Waals surface area contributed by atoms with Gasteiger partial charge in [0.05, 0.1) is 6.42 Å². The van der Waals surface area contributed by atoms with Gasteiger partial charge in [-0.15, -0.1) is 0 Å². The molecule has 2 heteroatoms. The topological polar surface area (TPSA) is 26.3 Å². The minimum absolute atomic E-state index is 0.125. The molecule has 2 aromatic carbocycles. The van der Waals surface area contributed by atoms with Gasteiger partial charge in [0.15, 0.2) is 0 Å². The zero-order chi connectivity index (χ0) is 13.3. The van der Waals surface area contributed by atoms with E-state index >= 15 is 0 Å². The fourth-order valence-corrected chi connectivity index (χ4v) is 2.83. The molecule has 0 bridgehead atoms. The predicted molar refractivity (Wildman–Crippen MR) is 73.7 cm³/mol. The number of cyclic esters (lactones) is 1. The first-order valence-electron chi connectivity index (χ1n) is 6.50. The van der Waals surface area contributed by atoms with Crippen LogP contribution >= 0.6 is 0 Å². The number of hydrogen-bond donors (Lipinski definition) is 0. The number of rotatable bonds is 2. The Morgan fingerprint density at radius 3 is 2.21 bits per heavy atom. The SMILES string of the molecule is C[C@]1(c2ccccc2)CC(=O)O[C@@H]1c1ccccc1. The van der Waals surface area contributed by atoms with Crippen LogP contribution in [0.2, 0.25) is 0 Å². The summed E-state index contributed by atoms with van der Waals surface area (Å²) in [6.07, 6.45) is 0.222. The third-order valence-electron chi connectivity index (χ3n) is 3.88. The van der Waals surface area contributed by atoms with Crippen LogP contribution in [0.5, 0.6) is 0 Å². The first-order chi connectivity index (χ1) is 9.20. The van der Waals surface area contributed by atoms with E-state index in [4.69, 9.17) is 4.74 Å². The minimum atomic E-state index is -0.292. The monoisotopic (exact) mass is 252 g/mol. The number of carbonyl (C=O) groups excluding carboxylic acids is 1. The fraction of sp³-hybridized carbons (Fsp3) is 0.235. The van der Waals surface area contributed by atoms with Crippen molar-refractivity contribution in [3.8, 4) is 0 Å². The summed E-state index contributed by atoms with van der Waals surface area (Å²) in [6.45, 7) is 2.10. The highest BCUT2D eigenvalue weighted by Crippen LogP contribution is 2.47. The molecule has 1 aliphatic rings. The van der Waals surface area contributed by atoms with Gasteiger partial charge in [0.2, 0.25) is 0 Å². The Labute approximate surface area is 113 Å². The van der Waals surface area contributed by atoms with Crippen LogP contribution in [0, 0.1) is 0 Å². The number of ether oxygens (including phenoxy) is 1. The summed E-state index contributed by atoms with van der Waals surface area (Å²) >= 11 is 0. The Balaban J connectivity index is 2.06. The van der Waals surface area contributed by atoms with Crippen LogP contribution in [-0.2, 0) is 14.9 Å². The van der Waals surface area contributed by atoms with Crippen LogP contribution in [0.3, 0.4) is 0 Å². The lowest BCUT2D eigenvalue weighted by atomic mass is 9.74. The van der Waals surface area contributed by atoms with Gasteiger partial charge in [0.1, 0.15) is 6.10 Å². The van der Waals surface area contributed by atoms with Crippen molar-refractivity contribution in [1.82, 2.24) is 0 Å². The molecular formula is C17H16O2. The average Bonchev–Trinajstić information content (AvgIpc) is 2.77. The maximum Gasteiger partial charge on any atom is 0.307 e. The molecule has 2 atom stereocenters. The fourth-order valence-electron chi connectivity index (χ4n) is 2.83. The molecule has 0 unspecified atom stereocenters. The van der Waals surface area contributed by atoms with Crippen molar-refractivity contribution in [2.24, 2.45) is 0 Å². The van der Waals surface area contributed by atoms with Gasteiger partial charge in [-0.05, 0) is 11.1 Å². The molecule has 19 heavy (non-hydrogen) atoms. The molecule has 1 fully saturated rings. The molecule has 0 amide bonds. The summed E-state index contributed by atoms with van der Waals surface area (Å²) in [7, 11) is 0. The summed E-state index contributed by atoms with van der Waals surface area (Å²) in [4.78, 5) is 11.8. The first-order valence-corrected chi connectivity index (χ1v) is 6.50. The molecule has 1 heterocycles. The van der Waals surface area contributed by atoms with E-state index in [-0.39, 0.29) is 17.5 Å². The highest BCUT2D eigenvalue weighted by Gasteiger charge is 2.47. The van der Waals surface area contributed by atoms with E-state index in [1.807, 2.05) is 48.5 Å². The molecule has 0 spiro atoms. The van der Waals surface area contributed by atoms with Crippen molar-refractivity contribution in [2.45, 2.75) is 24.9 Å². The van der Waals surface area contributed by atoms with Gasteiger partial charge in [-0.2, -0.15) is 0 Å². The summed E-state index contributed by atoms with van der Waals surface area (Å²) in [5.74, 6) is -0.125. The van der Waals surface area contributed by atoms with Crippen molar-refractivity contribution in [1.29, 1.82) is 0 Å². The maximum atomic E-state index is 11.8. The van der Waals surface area contributed by atoms with E-state index in [0.29, 0.717) is 6.42 Å². The van der Waals surface area contributed by atoms with Crippen molar-refractivity contribution < 1.29 is 9.53 Å². The summed E-state index contributed by atoms with van der Waals surface area (Å²) in [6, 6.07) is 20.1. The average molecular weight is 252 g/mol. The molecule has 1 aliphatic heterocycles. The van der Waals surface area contributed by atoms with Crippen molar-refractivity contribution >= 4 is 5.97 Å². The number of esters is 1. The quantitative estimate of drug-likeness (QED) is 0.763. The van der Waals surface area contributed by atoms with Gasteiger partial charge in [0, 0.05) is 5.41 Å². The molecule has 0 aromatic heterocycles. The van der Waals surface area contributed by atoms with E-state index in [0.717, 1.165) is 11.1 Å². The number of benzene rings is 2. The first kappa shape index (κ1) is 12.0. The van der Waals surface area contributed by atoms with Crippen molar-refractivity contribution in [3.63, 3.8) is 0 Å². The zero-order valence-corrected chi connectivity index (χ0v) is 10.9. The minimum Gasteiger partial charge on any atom is -0.456 e. The third-order valence-corrected chi connectivity index (χ3v) is 3.88. The largest absolute Gasteiger partial charge is 0.456 e. The van der Waals surface area contributed by atoms with E-state index in [1.165, 1.54) is 0 Å². The molecule has 3 rings (SSSR count). The van der Waals surface area contributed by atoms with Gasteiger partial charge in [-0.3, -0.25) is 4.79 Å². The lowest BCUT2D eigenvalue weighted by molar-refractivity contribution is -0.141. The van der Waals surface area contributed by atoms with Crippen LogP contribution < -0.4 is 0 Å². The molecule has 0 saturated carbocycles.